The van der Waals surface area contributed by atoms with E-state index in [0.717, 1.165) is 12.2 Å². The molecular formula is C20H23N2O+. The molecule has 1 saturated carbocycles. The van der Waals surface area contributed by atoms with E-state index in [-0.39, 0.29) is 5.91 Å². The molecule has 2 aliphatic rings. The highest BCUT2D eigenvalue weighted by Crippen LogP contribution is 2.31. The van der Waals surface area contributed by atoms with Crippen LogP contribution in [-0.2, 0) is 11.3 Å². The zero-order valence-electron chi connectivity index (χ0n) is 13.7. The van der Waals surface area contributed by atoms with Crippen molar-refractivity contribution in [3.63, 3.8) is 0 Å². The van der Waals surface area contributed by atoms with Gasteiger partial charge in [0.25, 0.3) is 0 Å². The third-order valence-electron chi connectivity index (χ3n) is 5.17. The first-order valence-corrected chi connectivity index (χ1v) is 8.62. The Balaban J connectivity index is 1.83. The zero-order chi connectivity index (χ0) is 15.8. The number of anilines is 1. The van der Waals surface area contributed by atoms with Crippen LogP contribution >= 0.6 is 0 Å². The zero-order valence-corrected chi connectivity index (χ0v) is 13.7. The molecule has 118 valence electrons. The van der Waals surface area contributed by atoms with Gasteiger partial charge in [0.15, 0.2) is 12.3 Å². The molecule has 1 heterocycles. The van der Waals surface area contributed by atoms with Crippen LogP contribution in [0.15, 0.2) is 36.4 Å². The molecule has 0 unspecified atom stereocenters. The first-order valence-electron chi connectivity index (χ1n) is 8.62. The molecule has 0 aromatic heterocycles. The molecule has 1 aliphatic heterocycles. The lowest BCUT2D eigenvalue weighted by atomic mass is 9.97. The highest BCUT2D eigenvalue weighted by molar-refractivity contribution is 5.97. The maximum absolute atomic E-state index is 12.2. The Bertz CT molecular complexity index is 798. The lowest BCUT2D eigenvalue weighted by Crippen LogP contribution is -2.42. The molecule has 3 heteroatoms. The van der Waals surface area contributed by atoms with Crippen molar-refractivity contribution in [3.05, 3.63) is 42.0 Å². The molecule has 1 amide bonds. The monoisotopic (exact) mass is 307 g/mol. The molecule has 23 heavy (non-hydrogen) atoms. The van der Waals surface area contributed by atoms with Crippen molar-refractivity contribution in [1.29, 1.82) is 0 Å². The number of nitrogens with zero attached hydrogens (tertiary/aromatic N) is 2. The first-order chi connectivity index (χ1) is 11.2. The van der Waals surface area contributed by atoms with Crippen LogP contribution in [0.5, 0.6) is 0 Å². The minimum absolute atomic E-state index is 0.127. The van der Waals surface area contributed by atoms with E-state index < -0.39 is 0 Å². The van der Waals surface area contributed by atoms with Gasteiger partial charge in [-0.25, -0.2) is 4.58 Å². The summed E-state index contributed by atoms with van der Waals surface area (Å²) in [5.74, 6) is 0.127. The van der Waals surface area contributed by atoms with Gasteiger partial charge in [-0.3, -0.25) is 9.69 Å². The fourth-order valence-electron chi connectivity index (χ4n) is 3.91. The Morgan fingerprint density at radius 2 is 1.74 bits per heavy atom. The molecule has 0 N–H and O–H groups in total. The first kappa shape index (κ1) is 14.4. The van der Waals surface area contributed by atoms with Crippen LogP contribution in [-0.4, -0.2) is 22.9 Å². The van der Waals surface area contributed by atoms with Gasteiger partial charge in [0.1, 0.15) is 0 Å². The van der Waals surface area contributed by atoms with Gasteiger partial charge in [0.2, 0.25) is 12.6 Å². The van der Waals surface area contributed by atoms with E-state index >= 15 is 0 Å². The average Bonchev–Trinajstić information content (AvgIpc) is 2.59. The molecule has 1 aliphatic carbocycles. The van der Waals surface area contributed by atoms with E-state index in [1.165, 1.54) is 54.2 Å². The Labute approximate surface area is 137 Å². The summed E-state index contributed by atoms with van der Waals surface area (Å²) in [7, 11) is 0. The number of fused-ring (bicyclic) bond motifs is 2. The van der Waals surface area contributed by atoms with Crippen molar-refractivity contribution in [2.45, 2.75) is 45.6 Å². The summed E-state index contributed by atoms with van der Waals surface area (Å²) in [6.07, 6.45) is 6.30. The normalized spacial score (nSPS) is 18.2. The second-order valence-corrected chi connectivity index (χ2v) is 6.74. The van der Waals surface area contributed by atoms with Crippen molar-refractivity contribution in [1.82, 2.24) is 0 Å². The highest BCUT2D eigenvalue weighted by Gasteiger charge is 2.30. The lowest BCUT2D eigenvalue weighted by Gasteiger charge is -2.29. The second kappa shape index (κ2) is 5.80. The fourth-order valence-corrected chi connectivity index (χ4v) is 3.91. The highest BCUT2D eigenvalue weighted by atomic mass is 16.2. The van der Waals surface area contributed by atoms with Gasteiger partial charge in [0, 0.05) is 25.3 Å². The number of benzene rings is 2. The Hall–Kier alpha value is -2.16. The van der Waals surface area contributed by atoms with Gasteiger partial charge in [-0.2, -0.15) is 0 Å². The van der Waals surface area contributed by atoms with Crippen LogP contribution < -0.4 is 4.90 Å². The van der Waals surface area contributed by atoms with Gasteiger partial charge in [-0.1, -0.05) is 30.7 Å². The fraction of sp³-hybridized carbons (Fsp3) is 0.400. The predicted octanol–water partition coefficient (Wildman–Crippen LogP) is 4.08. The summed E-state index contributed by atoms with van der Waals surface area (Å²) in [4.78, 5) is 14.2. The van der Waals surface area contributed by atoms with E-state index in [9.17, 15) is 4.79 Å². The number of rotatable bonds is 0. The maximum atomic E-state index is 12.2. The summed E-state index contributed by atoms with van der Waals surface area (Å²) in [5, 5.41) is 2.46. The molecule has 1 fully saturated rings. The number of carbonyl (C=O) groups excluding carboxylic acids is 1. The van der Waals surface area contributed by atoms with Crippen LogP contribution in [0.25, 0.3) is 10.8 Å². The van der Waals surface area contributed by atoms with Crippen LogP contribution in [0.1, 0.15) is 44.6 Å². The Kier molecular flexibility index (Phi) is 3.64. The summed E-state index contributed by atoms with van der Waals surface area (Å²) in [6.45, 7) is 3.31. The molecule has 2 aromatic carbocycles. The van der Waals surface area contributed by atoms with Crippen molar-refractivity contribution in [3.8, 4) is 0 Å². The van der Waals surface area contributed by atoms with E-state index in [1.807, 2.05) is 4.90 Å². The summed E-state index contributed by atoms with van der Waals surface area (Å²) in [6, 6.07) is 12.8. The topological polar surface area (TPSA) is 23.3 Å². The third kappa shape index (κ3) is 2.65. The third-order valence-corrected chi connectivity index (χ3v) is 5.17. The minimum Gasteiger partial charge on any atom is -0.275 e. The van der Waals surface area contributed by atoms with Crippen molar-refractivity contribution < 1.29 is 9.37 Å². The summed E-state index contributed by atoms with van der Waals surface area (Å²) in [5.41, 5.74) is 3.88. The molecule has 0 atom stereocenters. The van der Waals surface area contributed by atoms with Gasteiger partial charge < -0.3 is 0 Å². The summed E-state index contributed by atoms with van der Waals surface area (Å²) >= 11 is 0. The van der Waals surface area contributed by atoms with Crippen LogP contribution in [0.4, 0.5) is 5.69 Å². The molecule has 0 saturated heterocycles. The summed E-state index contributed by atoms with van der Waals surface area (Å²) < 4.78 is 2.43. The number of carbonyl (C=O) groups is 1. The molecule has 0 radical (unpaired) electrons. The second-order valence-electron chi connectivity index (χ2n) is 6.74. The number of amides is 1. The number of hydrogen-bond donors (Lipinski definition) is 0. The Morgan fingerprint density at radius 3 is 2.43 bits per heavy atom. The van der Waals surface area contributed by atoms with Crippen molar-refractivity contribution in [2.24, 2.45) is 0 Å². The van der Waals surface area contributed by atoms with Gasteiger partial charge >= 0.3 is 0 Å². The van der Waals surface area contributed by atoms with Crippen LogP contribution in [0.3, 0.4) is 0 Å². The van der Waals surface area contributed by atoms with Crippen molar-refractivity contribution in [2.75, 3.05) is 11.6 Å². The predicted molar refractivity (Wildman–Crippen MR) is 94.0 cm³/mol. The van der Waals surface area contributed by atoms with E-state index in [1.54, 1.807) is 6.92 Å². The quantitative estimate of drug-likeness (QED) is 0.673. The minimum atomic E-state index is 0.127. The van der Waals surface area contributed by atoms with Crippen molar-refractivity contribution >= 4 is 28.1 Å². The molecule has 0 spiro atoms. The molecule has 4 rings (SSSR count). The van der Waals surface area contributed by atoms with Gasteiger partial charge in [-0.05, 0) is 35.7 Å². The SMILES string of the molecule is CC(=O)N1C[N+](=C2CCCCC2)Cc2cc3ccccc3cc21. The molecule has 3 nitrogen and oxygen atoms in total. The van der Waals surface area contributed by atoms with Crippen LogP contribution in [0.2, 0.25) is 0 Å². The molecule has 0 bridgehead atoms. The largest absolute Gasteiger partial charge is 0.275 e. The average molecular weight is 307 g/mol. The standard InChI is InChI=1S/C20H23N2O/c1-15(23)22-14-21(19-9-3-2-4-10-19)13-18-11-16-7-5-6-8-17(16)12-20(18)22/h5-8,11-12H,2-4,9-10,13-14H2,1H3/q+1. The number of hydrogen-bond acceptors (Lipinski definition) is 1. The van der Waals surface area contributed by atoms with Gasteiger partial charge in [0.05, 0.1) is 5.69 Å². The maximum Gasteiger partial charge on any atom is 0.228 e. The van der Waals surface area contributed by atoms with Crippen LogP contribution in [0, 0.1) is 0 Å². The van der Waals surface area contributed by atoms with E-state index in [2.05, 4.69) is 41.0 Å². The Morgan fingerprint density at radius 1 is 1.04 bits per heavy atom. The molecule has 2 aromatic rings. The molecular weight excluding hydrogens is 284 g/mol. The smallest absolute Gasteiger partial charge is 0.228 e. The lowest BCUT2D eigenvalue weighted by molar-refractivity contribution is -0.547. The van der Waals surface area contributed by atoms with Gasteiger partial charge in [-0.15, -0.1) is 0 Å². The van der Waals surface area contributed by atoms with E-state index in [0.29, 0.717) is 6.67 Å². The van der Waals surface area contributed by atoms with E-state index in [4.69, 9.17) is 0 Å².